The van der Waals surface area contributed by atoms with Crippen LogP contribution in [0.2, 0.25) is 0 Å². The second kappa shape index (κ2) is 11.3. The predicted molar refractivity (Wildman–Crippen MR) is 143 cm³/mol. The van der Waals surface area contributed by atoms with E-state index in [2.05, 4.69) is 0 Å². The number of nitrogens with zero attached hydrogens (tertiary/aromatic N) is 1. The lowest BCUT2D eigenvalue weighted by Crippen LogP contribution is -2.38. The molecule has 0 saturated carbocycles. The van der Waals surface area contributed by atoms with Crippen LogP contribution in [0.1, 0.15) is 89.6 Å². The fraction of sp³-hybridized carbons (Fsp3) is 0.500. The van der Waals surface area contributed by atoms with Crippen molar-refractivity contribution in [2.75, 3.05) is 13.1 Å². The minimum absolute atomic E-state index is 0.0839. The number of allylic oxidation sites excluding steroid dienone is 1. The van der Waals surface area contributed by atoms with Crippen molar-refractivity contribution >= 4 is 34.7 Å². The number of carbonyl (C=O) groups excluding carboxylic acids is 3. The molecule has 1 aliphatic carbocycles. The first-order valence-corrected chi connectivity index (χ1v) is 12.8. The summed E-state index contributed by atoms with van der Waals surface area (Å²) < 4.78 is 10.9. The number of esters is 1. The summed E-state index contributed by atoms with van der Waals surface area (Å²) in [6.07, 6.45) is 4.48. The van der Waals surface area contributed by atoms with E-state index >= 15 is 0 Å². The topological polar surface area (TPSA) is 72.9 Å². The van der Waals surface area contributed by atoms with E-state index in [4.69, 9.17) is 9.47 Å². The molecule has 0 saturated heterocycles. The van der Waals surface area contributed by atoms with Gasteiger partial charge in [0.05, 0.1) is 0 Å². The summed E-state index contributed by atoms with van der Waals surface area (Å²) in [6, 6.07) is 12.0. The second-order valence-corrected chi connectivity index (χ2v) is 11.4. The average Bonchev–Trinajstić information content (AvgIpc) is 2.76. The molecule has 1 amide bonds. The van der Waals surface area contributed by atoms with Crippen LogP contribution in [-0.4, -0.2) is 47.0 Å². The average molecular weight is 494 g/mol. The zero-order valence-corrected chi connectivity index (χ0v) is 22.5. The van der Waals surface area contributed by atoms with Gasteiger partial charge in [0.25, 0.3) is 0 Å². The summed E-state index contributed by atoms with van der Waals surface area (Å²) >= 11 is 0. The molecule has 0 atom stereocenters. The third-order valence-electron chi connectivity index (χ3n) is 5.81. The highest BCUT2D eigenvalue weighted by Crippen LogP contribution is 2.32. The van der Waals surface area contributed by atoms with Crippen LogP contribution in [0.25, 0.3) is 16.8 Å². The third-order valence-corrected chi connectivity index (χ3v) is 5.81. The van der Waals surface area contributed by atoms with E-state index in [1.165, 1.54) is 0 Å². The molecule has 0 heterocycles. The lowest BCUT2D eigenvalue weighted by molar-refractivity contribution is -0.155. The van der Waals surface area contributed by atoms with Crippen molar-refractivity contribution in [2.24, 2.45) is 0 Å². The molecule has 0 radical (unpaired) electrons. The van der Waals surface area contributed by atoms with Crippen LogP contribution in [0.4, 0.5) is 4.79 Å². The second-order valence-electron chi connectivity index (χ2n) is 11.4. The maximum absolute atomic E-state index is 13.1. The molecule has 6 nitrogen and oxygen atoms in total. The monoisotopic (exact) mass is 493 g/mol. The van der Waals surface area contributed by atoms with Crippen molar-refractivity contribution in [3.05, 3.63) is 53.1 Å². The number of rotatable bonds is 9. The van der Waals surface area contributed by atoms with Crippen molar-refractivity contribution in [1.29, 1.82) is 0 Å². The molecule has 0 fully saturated rings. The van der Waals surface area contributed by atoms with Crippen molar-refractivity contribution < 1.29 is 23.9 Å². The zero-order valence-electron chi connectivity index (χ0n) is 22.5. The summed E-state index contributed by atoms with van der Waals surface area (Å²) in [7, 11) is 0. The summed E-state index contributed by atoms with van der Waals surface area (Å²) in [6.45, 7) is 11.9. The Bertz CT molecular complexity index is 1140. The molecule has 1 aliphatic rings. The molecule has 2 aromatic carbocycles. The first-order chi connectivity index (χ1) is 16.8. The molecule has 0 unspecified atom stereocenters. The molecule has 0 bridgehead atoms. The number of benzene rings is 2. The van der Waals surface area contributed by atoms with Gasteiger partial charge in [-0.15, -0.1) is 0 Å². The van der Waals surface area contributed by atoms with Crippen LogP contribution in [0.5, 0.6) is 0 Å². The van der Waals surface area contributed by atoms with Crippen LogP contribution in [0.3, 0.4) is 0 Å². The maximum atomic E-state index is 13.1. The summed E-state index contributed by atoms with van der Waals surface area (Å²) in [4.78, 5) is 39.6. The van der Waals surface area contributed by atoms with E-state index in [1.54, 1.807) is 4.90 Å². The Kier molecular flexibility index (Phi) is 8.59. The molecule has 0 aliphatic heterocycles. The molecule has 6 heteroatoms. The van der Waals surface area contributed by atoms with Crippen LogP contribution in [0.15, 0.2) is 42.0 Å². The van der Waals surface area contributed by atoms with Crippen molar-refractivity contribution in [1.82, 2.24) is 4.90 Å². The number of Topliss-reactive ketones (excluding diaryl/α,β-unsaturated/α-hetero) is 1. The highest BCUT2D eigenvalue weighted by molar-refractivity contribution is 6.22. The van der Waals surface area contributed by atoms with Crippen molar-refractivity contribution in [3.8, 4) is 0 Å². The molecule has 2 aromatic rings. The highest BCUT2D eigenvalue weighted by atomic mass is 16.6. The molecule has 194 valence electrons. The summed E-state index contributed by atoms with van der Waals surface area (Å²) in [5.74, 6) is -0.189. The Hall–Kier alpha value is -3.15. The van der Waals surface area contributed by atoms with Gasteiger partial charge in [-0.3, -0.25) is 9.59 Å². The number of hydrogen-bond donors (Lipinski definition) is 0. The van der Waals surface area contributed by atoms with Gasteiger partial charge >= 0.3 is 12.1 Å². The Balaban J connectivity index is 1.57. The molecule has 36 heavy (non-hydrogen) atoms. The van der Waals surface area contributed by atoms with E-state index in [0.717, 1.165) is 40.3 Å². The van der Waals surface area contributed by atoms with Crippen LogP contribution >= 0.6 is 0 Å². The van der Waals surface area contributed by atoms with E-state index in [9.17, 15) is 14.4 Å². The lowest BCUT2D eigenvalue weighted by Gasteiger charge is -2.27. The Morgan fingerprint density at radius 1 is 0.833 bits per heavy atom. The number of unbranched alkanes of at least 4 members (excludes halogenated alkanes) is 1. The fourth-order valence-corrected chi connectivity index (χ4v) is 4.34. The maximum Gasteiger partial charge on any atom is 0.410 e. The van der Waals surface area contributed by atoms with Crippen LogP contribution in [0, 0.1) is 0 Å². The normalized spacial score (nSPS) is 13.4. The van der Waals surface area contributed by atoms with Gasteiger partial charge in [0.15, 0.2) is 5.78 Å². The minimum Gasteiger partial charge on any atom is -0.460 e. The highest BCUT2D eigenvalue weighted by Gasteiger charge is 2.24. The van der Waals surface area contributed by atoms with E-state index in [0.29, 0.717) is 25.9 Å². The molecule has 3 rings (SSSR count). The Morgan fingerprint density at radius 3 is 2.14 bits per heavy atom. The number of carbonyl (C=O) groups is 3. The van der Waals surface area contributed by atoms with Gasteiger partial charge < -0.3 is 14.4 Å². The number of hydrogen-bond acceptors (Lipinski definition) is 5. The van der Waals surface area contributed by atoms with Gasteiger partial charge in [-0.05, 0) is 84.3 Å². The minimum atomic E-state index is -0.603. The molecular weight excluding hydrogens is 454 g/mol. The standard InChI is InChI=1S/C30H39NO5/c1-29(2,3)35-25(32)17-11-19-31(28(34)36-30(4,5)6)18-8-7-12-23-20-22-15-9-13-21-14-10-16-24(26(21)22)27(23)33/h9-10,13-16,20H,7-8,11-12,17-19H2,1-6H3. The number of amides is 1. The van der Waals surface area contributed by atoms with Gasteiger partial charge in [-0.25, -0.2) is 4.79 Å². The number of ketones is 1. The lowest BCUT2D eigenvalue weighted by atomic mass is 9.86. The molecule has 0 spiro atoms. The van der Waals surface area contributed by atoms with Crippen LogP contribution in [-0.2, 0) is 14.3 Å². The molecule has 0 aromatic heterocycles. The van der Waals surface area contributed by atoms with E-state index < -0.39 is 11.2 Å². The quantitative estimate of drug-likeness (QED) is 0.279. The smallest absolute Gasteiger partial charge is 0.410 e. The SMILES string of the molecule is CC(C)(C)OC(=O)CCCN(CCCCC1=Cc2cccc3cccc(c23)C1=O)C(=O)OC(C)(C)C. The van der Waals surface area contributed by atoms with Gasteiger partial charge in [-0.1, -0.05) is 36.4 Å². The predicted octanol–water partition coefficient (Wildman–Crippen LogP) is 6.95. The van der Waals surface area contributed by atoms with E-state index in [-0.39, 0.29) is 24.3 Å². The molecular formula is C30H39NO5. The third kappa shape index (κ3) is 7.67. The van der Waals surface area contributed by atoms with Gasteiger partial charge in [-0.2, -0.15) is 0 Å². The van der Waals surface area contributed by atoms with Gasteiger partial charge in [0, 0.05) is 36.0 Å². The fourth-order valence-electron chi connectivity index (χ4n) is 4.34. The van der Waals surface area contributed by atoms with Gasteiger partial charge in [0.2, 0.25) is 0 Å². The zero-order chi connectivity index (χ0) is 26.5. The first-order valence-electron chi connectivity index (χ1n) is 12.8. The van der Waals surface area contributed by atoms with Crippen molar-refractivity contribution in [2.45, 2.75) is 84.8 Å². The Morgan fingerprint density at radius 2 is 1.47 bits per heavy atom. The Labute approximate surface area is 214 Å². The van der Waals surface area contributed by atoms with Gasteiger partial charge in [0.1, 0.15) is 11.2 Å². The number of ether oxygens (including phenoxy) is 2. The first kappa shape index (κ1) is 27.4. The largest absolute Gasteiger partial charge is 0.460 e. The summed E-state index contributed by atoms with van der Waals surface area (Å²) in [5.41, 5.74) is 1.51. The van der Waals surface area contributed by atoms with Crippen LogP contribution < -0.4 is 0 Å². The summed E-state index contributed by atoms with van der Waals surface area (Å²) in [5, 5.41) is 2.10. The van der Waals surface area contributed by atoms with Crippen molar-refractivity contribution in [3.63, 3.8) is 0 Å². The van der Waals surface area contributed by atoms with E-state index in [1.807, 2.05) is 84.0 Å². The molecule has 0 N–H and O–H groups in total.